The quantitative estimate of drug-likeness (QED) is 0.694. The number of nitrogen functional groups attached to an aromatic ring is 1. The van der Waals surface area contributed by atoms with Crippen molar-refractivity contribution in [1.82, 2.24) is 0 Å². The second-order valence-corrected chi connectivity index (χ2v) is 4.60. The number of aryl methyl sites for hydroxylation is 1. The molecule has 21 heavy (non-hydrogen) atoms. The lowest BCUT2D eigenvalue weighted by Crippen LogP contribution is -2.04. The van der Waals surface area contributed by atoms with E-state index < -0.39 is 5.97 Å². The molecule has 0 saturated heterocycles. The van der Waals surface area contributed by atoms with Crippen LogP contribution >= 0.6 is 0 Å². The average Bonchev–Trinajstić information content (AvgIpc) is 2.46. The van der Waals surface area contributed by atoms with Crippen LogP contribution in [0.2, 0.25) is 0 Å². The van der Waals surface area contributed by atoms with Gasteiger partial charge in [0, 0.05) is 0 Å². The summed E-state index contributed by atoms with van der Waals surface area (Å²) < 4.78 is 23.3. The van der Waals surface area contributed by atoms with Crippen LogP contribution in [-0.2, 0) is 11.3 Å². The molecule has 0 aliphatic carbocycles. The number of nitrogens with two attached hydrogens (primary N) is 1. The first-order valence-corrected chi connectivity index (χ1v) is 6.37. The molecule has 0 saturated carbocycles. The van der Waals surface area contributed by atoms with Crippen LogP contribution in [0.3, 0.4) is 0 Å². The van der Waals surface area contributed by atoms with Crippen molar-refractivity contribution in [1.29, 1.82) is 0 Å². The second-order valence-electron chi connectivity index (χ2n) is 4.60. The highest BCUT2D eigenvalue weighted by Gasteiger charge is 2.09. The molecule has 2 aromatic rings. The van der Waals surface area contributed by atoms with E-state index >= 15 is 0 Å². The smallest absolute Gasteiger partial charge is 0.337 e. The number of rotatable bonds is 4. The number of methoxy groups -OCH3 is 1. The fourth-order valence-corrected chi connectivity index (χ4v) is 1.90. The van der Waals surface area contributed by atoms with Crippen molar-refractivity contribution in [2.24, 2.45) is 0 Å². The number of hydrogen-bond acceptors (Lipinski definition) is 4. The molecule has 0 amide bonds. The van der Waals surface area contributed by atoms with Crippen molar-refractivity contribution in [2.75, 3.05) is 12.8 Å². The van der Waals surface area contributed by atoms with Crippen LogP contribution in [0.25, 0.3) is 0 Å². The molecular formula is C16H16FNO3. The van der Waals surface area contributed by atoms with Crippen molar-refractivity contribution >= 4 is 11.7 Å². The number of ether oxygens (including phenoxy) is 2. The first-order chi connectivity index (χ1) is 10.0. The number of esters is 1. The molecule has 5 heteroatoms. The third-order valence-electron chi connectivity index (χ3n) is 3.12. The van der Waals surface area contributed by atoms with Gasteiger partial charge in [-0.2, -0.15) is 0 Å². The van der Waals surface area contributed by atoms with Gasteiger partial charge in [-0.05, 0) is 48.4 Å². The Labute approximate surface area is 122 Å². The van der Waals surface area contributed by atoms with Gasteiger partial charge < -0.3 is 15.2 Å². The van der Waals surface area contributed by atoms with Crippen LogP contribution in [0.15, 0.2) is 36.4 Å². The molecule has 2 aromatic carbocycles. The van der Waals surface area contributed by atoms with E-state index in [1.54, 1.807) is 18.2 Å². The van der Waals surface area contributed by atoms with Gasteiger partial charge in [0.05, 0.1) is 18.4 Å². The summed E-state index contributed by atoms with van der Waals surface area (Å²) in [7, 11) is 1.31. The Morgan fingerprint density at radius 2 is 2.00 bits per heavy atom. The van der Waals surface area contributed by atoms with E-state index in [-0.39, 0.29) is 12.4 Å². The lowest BCUT2D eigenvalue weighted by atomic mass is 10.1. The molecule has 4 nitrogen and oxygen atoms in total. The average molecular weight is 289 g/mol. The monoisotopic (exact) mass is 289 g/mol. The summed E-state index contributed by atoms with van der Waals surface area (Å²) in [5.74, 6) is -0.271. The van der Waals surface area contributed by atoms with E-state index in [2.05, 4.69) is 4.74 Å². The Bertz CT molecular complexity index is 671. The van der Waals surface area contributed by atoms with Crippen molar-refractivity contribution in [3.8, 4) is 5.75 Å². The van der Waals surface area contributed by atoms with Gasteiger partial charge in [-0.25, -0.2) is 9.18 Å². The Balaban J connectivity index is 2.11. The first kappa shape index (κ1) is 14.8. The lowest BCUT2D eigenvalue weighted by molar-refractivity contribution is 0.0600. The van der Waals surface area contributed by atoms with E-state index in [0.717, 1.165) is 11.1 Å². The SMILES string of the molecule is COC(=O)c1ccc(OCc2ccc(F)cc2C)c(N)c1. The summed E-state index contributed by atoms with van der Waals surface area (Å²) in [4.78, 5) is 11.4. The Hall–Kier alpha value is -2.56. The zero-order valence-corrected chi connectivity index (χ0v) is 11.9. The molecule has 0 bridgehead atoms. The molecule has 0 aliphatic rings. The van der Waals surface area contributed by atoms with Crippen LogP contribution in [0.4, 0.5) is 10.1 Å². The summed E-state index contributed by atoms with van der Waals surface area (Å²) >= 11 is 0. The van der Waals surface area contributed by atoms with Gasteiger partial charge in [-0.1, -0.05) is 6.07 Å². The van der Waals surface area contributed by atoms with Crippen LogP contribution in [0, 0.1) is 12.7 Å². The van der Waals surface area contributed by atoms with E-state index in [0.29, 0.717) is 17.0 Å². The minimum absolute atomic E-state index is 0.272. The van der Waals surface area contributed by atoms with Crippen LogP contribution in [-0.4, -0.2) is 13.1 Å². The number of benzene rings is 2. The first-order valence-electron chi connectivity index (χ1n) is 6.37. The molecule has 0 aromatic heterocycles. The number of carbonyl (C=O) groups is 1. The van der Waals surface area contributed by atoms with Crippen molar-refractivity contribution in [3.63, 3.8) is 0 Å². The maximum atomic E-state index is 13.0. The van der Waals surface area contributed by atoms with Gasteiger partial charge in [-0.3, -0.25) is 0 Å². The topological polar surface area (TPSA) is 61.5 Å². The Kier molecular flexibility index (Phi) is 4.42. The summed E-state index contributed by atoms with van der Waals surface area (Å²) in [6.45, 7) is 2.08. The Morgan fingerprint density at radius 3 is 2.62 bits per heavy atom. The van der Waals surface area contributed by atoms with Gasteiger partial charge in [0.2, 0.25) is 0 Å². The zero-order chi connectivity index (χ0) is 15.4. The van der Waals surface area contributed by atoms with Crippen LogP contribution in [0.5, 0.6) is 5.75 Å². The van der Waals surface area contributed by atoms with Crippen molar-refractivity contribution < 1.29 is 18.7 Å². The van der Waals surface area contributed by atoms with Gasteiger partial charge in [0.25, 0.3) is 0 Å². The molecule has 0 atom stereocenters. The Morgan fingerprint density at radius 1 is 1.24 bits per heavy atom. The molecular weight excluding hydrogens is 273 g/mol. The zero-order valence-electron chi connectivity index (χ0n) is 11.9. The molecule has 0 unspecified atom stereocenters. The standard InChI is InChI=1S/C16H16FNO3/c1-10-7-13(17)5-3-12(10)9-21-15-6-4-11(8-14(15)18)16(19)20-2/h3-8H,9,18H2,1-2H3. The molecule has 110 valence electrons. The lowest BCUT2D eigenvalue weighted by Gasteiger charge is -2.11. The van der Waals surface area contributed by atoms with E-state index in [4.69, 9.17) is 10.5 Å². The fourth-order valence-electron chi connectivity index (χ4n) is 1.90. The van der Waals surface area contributed by atoms with Gasteiger partial charge in [-0.15, -0.1) is 0 Å². The van der Waals surface area contributed by atoms with Gasteiger partial charge in [0.15, 0.2) is 0 Å². The molecule has 0 spiro atoms. The predicted octanol–water partition coefficient (Wildman–Crippen LogP) is 3.08. The predicted molar refractivity (Wildman–Crippen MR) is 77.7 cm³/mol. The van der Waals surface area contributed by atoms with Crippen LogP contribution < -0.4 is 10.5 Å². The summed E-state index contributed by atoms with van der Waals surface area (Å²) in [5.41, 5.74) is 8.23. The molecule has 2 N–H and O–H groups in total. The summed E-state index contributed by atoms with van der Waals surface area (Å²) in [6.07, 6.45) is 0. The van der Waals surface area contributed by atoms with Crippen LogP contribution in [0.1, 0.15) is 21.5 Å². The highest BCUT2D eigenvalue weighted by molar-refractivity contribution is 5.90. The van der Waals surface area contributed by atoms with Crippen molar-refractivity contribution in [3.05, 3.63) is 58.9 Å². The highest BCUT2D eigenvalue weighted by Crippen LogP contribution is 2.24. The summed E-state index contributed by atoms with van der Waals surface area (Å²) in [5, 5.41) is 0. The fraction of sp³-hybridized carbons (Fsp3) is 0.188. The maximum absolute atomic E-state index is 13.0. The minimum atomic E-state index is -0.456. The molecule has 2 rings (SSSR count). The number of anilines is 1. The third-order valence-corrected chi connectivity index (χ3v) is 3.12. The molecule has 0 fully saturated rings. The second kappa shape index (κ2) is 6.26. The number of hydrogen-bond donors (Lipinski definition) is 1. The summed E-state index contributed by atoms with van der Waals surface area (Å²) in [6, 6.07) is 9.19. The van der Waals surface area contributed by atoms with Gasteiger partial charge in [0.1, 0.15) is 18.2 Å². The largest absolute Gasteiger partial charge is 0.487 e. The van der Waals surface area contributed by atoms with E-state index in [1.807, 2.05) is 6.92 Å². The van der Waals surface area contributed by atoms with E-state index in [9.17, 15) is 9.18 Å². The van der Waals surface area contributed by atoms with Gasteiger partial charge >= 0.3 is 5.97 Å². The third kappa shape index (κ3) is 3.51. The maximum Gasteiger partial charge on any atom is 0.337 e. The molecule has 0 aliphatic heterocycles. The van der Waals surface area contributed by atoms with E-state index in [1.165, 1.54) is 25.3 Å². The number of carbonyl (C=O) groups excluding carboxylic acids is 1. The normalized spacial score (nSPS) is 10.2. The number of halogens is 1. The molecule has 0 heterocycles. The van der Waals surface area contributed by atoms with Crippen molar-refractivity contribution in [2.45, 2.75) is 13.5 Å². The highest BCUT2D eigenvalue weighted by atomic mass is 19.1. The molecule has 0 radical (unpaired) electrons. The minimum Gasteiger partial charge on any atom is -0.487 e.